The molecule has 0 spiro atoms. The average molecular weight is 199 g/mol. The van der Waals surface area contributed by atoms with Crippen LogP contribution in [0.5, 0.6) is 5.75 Å². The Bertz CT molecular complexity index is 430. The molecule has 15 heavy (non-hydrogen) atoms. The molecule has 0 amide bonds. The van der Waals surface area contributed by atoms with E-state index in [0.29, 0.717) is 0 Å². The van der Waals surface area contributed by atoms with Crippen molar-refractivity contribution in [2.24, 2.45) is 4.99 Å². The molecule has 0 unspecified atom stereocenters. The Morgan fingerprint density at radius 1 is 1.33 bits per heavy atom. The van der Waals surface area contributed by atoms with Crippen molar-refractivity contribution in [3.05, 3.63) is 53.8 Å². The Morgan fingerprint density at radius 2 is 2.27 bits per heavy atom. The van der Waals surface area contributed by atoms with Crippen LogP contribution in [-0.2, 0) is 0 Å². The molecule has 0 radical (unpaired) electrons. The summed E-state index contributed by atoms with van der Waals surface area (Å²) in [7, 11) is 0. The number of rotatable bonds is 2. The van der Waals surface area contributed by atoms with Gasteiger partial charge in [-0.05, 0) is 36.8 Å². The maximum Gasteiger partial charge on any atom is 0.128 e. The summed E-state index contributed by atoms with van der Waals surface area (Å²) in [5.41, 5.74) is 1.19. The van der Waals surface area contributed by atoms with E-state index in [-0.39, 0.29) is 0 Å². The number of hydrogen-bond donors (Lipinski definition) is 0. The van der Waals surface area contributed by atoms with Crippen molar-refractivity contribution in [3.8, 4) is 5.75 Å². The Hall–Kier alpha value is -1.83. The van der Waals surface area contributed by atoms with E-state index in [9.17, 15) is 0 Å². The van der Waals surface area contributed by atoms with Gasteiger partial charge in [0.2, 0.25) is 0 Å². The molecule has 1 aromatic carbocycles. The average Bonchev–Trinajstić information content (AvgIpc) is 2.46. The minimum atomic E-state index is 0.719. The number of aryl methyl sites for hydroxylation is 1. The molecular weight excluding hydrogens is 186 g/mol. The molecule has 1 aromatic rings. The second-order valence-corrected chi connectivity index (χ2v) is 3.40. The van der Waals surface area contributed by atoms with Gasteiger partial charge in [-0.2, -0.15) is 0 Å². The second kappa shape index (κ2) is 4.60. The van der Waals surface area contributed by atoms with Crippen molar-refractivity contribution < 1.29 is 4.74 Å². The van der Waals surface area contributed by atoms with E-state index in [0.717, 1.165) is 18.1 Å². The maximum absolute atomic E-state index is 5.70. The zero-order chi connectivity index (χ0) is 10.5. The first-order chi connectivity index (χ1) is 7.34. The first-order valence-electron chi connectivity index (χ1n) is 4.96. The molecule has 0 aliphatic carbocycles. The van der Waals surface area contributed by atoms with Crippen LogP contribution in [0.25, 0.3) is 0 Å². The zero-order valence-corrected chi connectivity index (χ0v) is 8.68. The van der Waals surface area contributed by atoms with Crippen LogP contribution in [0.1, 0.15) is 5.56 Å². The predicted molar refractivity (Wildman–Crippen MR) is 62.4 cm³/mol. The summed E-state index contributed by atoms with van der Waals surface area (Å²) in [6, 6.07) is 7.99. The lowest BCUT2D eigenvalue weighted by atomic mass is 10.2. The summed E-state index contributed by atoms with van der Waals surface area (Å²) >= 11 is 0. The Balaban J connectivity index is 2.14. The third-order valence-corrected chi connectivity index (χ3v) is 2.06. The van der Waals surface area contributed by atoms with Crippen molar-refractivity contribution >= 4 is 6.21 Å². The minimum absolute atomic E-state index is 0.719. The zero-order valence-electron chi connectivity index (χ0n) is 8.68. The summed E-state index contributed by atoms with van der Waals surface area (Å²) in [5.74, 6) is 1.68. The molecule has 0 saturated carbocycles. The molecule has 0 bridgehead atoms. The highest BCUT2D eigenvalue weighted by atomic mass is 16.5. The SMILES string of the molecule is Cc1cccc(OC2=CC=NCC=C2)c1. The topological polar surface area (TPSA) is 21.6 Å². The van der Waals surface area contributed by atoms with Gasteiger partial charge in [0.15, 0.2) is 0 Å². The number of benzene rings is 1. The molecule has 2 rings (SSSR count). The molecule has 76 valence electrons. The van der Waals surface area contributed by atoms with Crippen LogP contribution >= 0.6 is 0 Å². The number of ether oxygens (including phenoxy) is 1. The highest BCUT2D eigenvalue weighted by Crippen LogP contribution is 2.16. The van der Waals surface area contributed by atoms with E-state index in [1.165, 1.54) is 5.56 Å². The van der Waals surface area contributed by atoms with Gasteiger partial charge >= 0.3 is 0 Å². The second-order valence-electron chi connectivity index (χ2n) is 3.40. The largest absolute Gasteiger partial charge is 0.457 e. The van der Waals surface area contributed by atoms with Crippen LogP contribution in [0.2, 0.25) is 0 Å². The molecule has 1 heterocycles. The molecular formula is C13H13NO. The van der Waals surface area contributed by atoms with Gasteiger partial charge in [-0.3, -0.25) is 4.99 Å². The standard InChI is InChI=1S/C13H13NO/c1-11-4-2-5-13(10-11)15-12-6-3-8-14-9-7-12/h2-7,9-10H,8H2,1H3. The third-order valence-electron chi connectivity index (χ3n) is 2.06. The molecule has 0 fully saturated rings. The highest BCUT2D eigenvalue weighted by molar-refractivity contribution is 5.73. The van der Waals surface area contributed by atoms with Gasteiger partial charge in [0, 0.05) is 6.21 Å². The minimum Gasteiger partial charge on any atom is -0.457 e. The van der Waals surface area contributed by atoms with Crippen molar-refractivity contribution in [1.29, 1.82) is 0 Å². The summed E-state index contributed by atoms with van der Waals surface area (Å²) in [6.45, 7) is 2.77. The fourth-order valence-electron chi connectivity index (χ4n) is 1.36. The van der Waals surface area contributed by atoms with E-state index in [1.54, 1.807) is 6.21 Å². The lowest BCUT2D eigenvalue weighted by molar-refractivity contribution is 0.445. The normalized spacial score (nSPS) is 14.6. The van der Waals surface area contributed by atoms with Crippen LogP contribution < -0.4 is 4.74 Å². The number of hydrogen-bond acceptors (Lipinski definition) is 2. The quantitative estimate of drug-likeness (QED) is 0.717. The highest BCUT2D eigenvalue weighted by Gasteiger charge is 1.98. The van der Waals surface area contributed by atoms with E-state index in [1.807, 2.05) is 49.4 Å². The van der Waals surface area contributed by atoms with Crippen LogP contribution in [0.15, 0.2) is 53.2 Å². The molecule has 0 atom stereocenters. The van der Waals surface area contributed by atoms with Gasteiger partial charge in [0.1, 0.15) is 11.5 Å². The summed E-state index contributed by atoms with van der Waals surface area (Å²) in [5, 5.41) is 0. The summed E-state index contributed by atoms with van der Waals surface area (Å²) < 4.78 is 5.70. The van der Waals surface area contributed by atoms with Crippen molar-refractivity contribution in [2.45, 2.75) is 6.92 Å². The molecule has 1 aliphatic rings. The monoisotopic (exact) mass is 199 g/mol. The summed E-state index contributed by atoms with van der Waals surface area (Å²) in [4.78, 5) is 4.11. The van der Waals surface area contributed by atoms with Gasteiger partial charge in [-0.1, -0.05) is 18.2 Å². The van der Waals surface area contributed by atoms with Crippen LogP contribution in [-0.4, -0.2) is 12.8 Å². The Labute approximate surface area is 89.6 Å². The van der Waals surface area contributed by atoms with E-state index >= 15 is 0 Å². The van der Waals surface area contributed by atoms with Gasteiger partial charge in [0.05, 0.1) is 6.54 Å². The molecule has 2 nitrogen and oxygen atoms in total. The maximum atomic E-state index is 5.70. The fraction of sp³-hybridized carbons (Fsp3) is 0.154. The Morgan fingerprint density at radius 3 is 3.13 bits per heavy atom. The predicted octanol–water partition coefficient (Wildman–Crippen LogP) is 2.90. The summed E-state index contributed by atoms with van der Waals surface area (Å²) in [6.07, 6.45) is 7.55. The first kappa shape index (κ1) is 9.71. The Kier molecular flexibility index (Phi) is 2.98. The van der Waals surface area contributed by atoms with Crippen LogP contribution in [0.4, 0.5) is 0 Å². The fourth-order valence-corrected chi connectivity index (χ4v) is 1.36. The van der Waals surface area contributed by atoms with Crippen molar-refractivity contribution in [3.63, 3.8) is 0 Å². The lowest BCUT2D eigenvalue weighted by Crippen LogP contribution is -1.92. The number of aliphatic imine (C=N–C) groups is 1. The van der Waals surface area contributed by atoms with Crippen LogP contribution in [0, 0.1) is 6.92 Å². The van der Waals surface area contributed by atoms with Gasteiger partial charge in [-0.15, -0.1) is 0 Å². The van der Waals surface area contributed by atoms with Gasteiger partial charge < -0.3 is 4.74 Å². The number of nitrogens with zero attached hydrogens (tertiary/aromatic N) is 1. The van der Waals surface area contributed by atoms with E-state index in [4.69, 9.17) is 4.74 Å². The third kappa shape index (κ3) is 2.81. The molecule has 2 heteroatoms. The van der Waals surface area contributed by atoms with E-state index < -0.39 is 0 Å². The van der Waals surface area contributed by atoms with Crippen molar-refractivity contribution in [2.75, 3.05) is 6.54 Å². The van der Waals surface area contributed by atoms with Crippen molar-refractivity contribution in [1.82, 2.24) is 0 Å². The van der Waals surface area contributed by atoms with Crippen LogP contribution in [0.3, 0.4) is 0 Å². The van der Waals surface area contributed by atoms with Gasteiger partial charge in [-0.25, -0.2) is 0 Å². The van der Waals surface area contributed by atoms with Gasteiger partial charge in [0.25, 0.3) is 0 Å². The molecule has 0 aromatic heterocycles. The van der Waals surface area contributed by atoms with E-state index in [2.05, 4.69) is 4.99 Å². The number of allylic oxidation sites excluding steroid dienone is 2. The molecule has 0 saturated heterocycles. The molecule has 0 N–H and O–H groups in total. The lowest BCUT2D eigenvalue weighted by Gasteiger charge is -2.05. The molecule has 1 aliphatic heterocycles. The first-order valence-corrected chi connectivity index (χ1v) is 4.96. The smallest absolute Gasteiger partial charge is 0.128 e.